The van der Waals surface area contributed by atoms with E-state index in [9.17, 15) is 4.79 Å². The van der Waals surface area contributed by atoms with Gasteiger partial charge in [0, 0.05) is 5.92 Å². The topological polar surface area (TPSA) is 52.3 Å². The molecule has 0 spiro atoms. The Balaban J connectivity index is 2.25. The second-order valence-electron chi connectivity index (χ2n) is 4.70. The lowest BCUT2D eigenvalue weighted by Gasteiger charge is -2.02. The maximum Gasteiger partial charge on any atom is 0.375 e. The summed E-state index contributed by atoms with van der Waals surface area (Å²) in [6, 6.07) is 0. The van der Waals surface area contributed by atoms with Gasteiger partial charge in [-0.2, -0.15) is 0 Å². The maximum atomic E-state index is 11.6. The molecule has 1 heterocycles. The van der Waals surface area contributed by atoms with Crippen LogP contribution in [0.4, 0.5) is 0 Å². The molecule has 0 N–H and O–H groups in total. The largest absolute Gasteiger partial charge is 0.463 e. The van der Waals surface area contributed by atoms with Crippen molar-refractivity contribution < 1.29 is 13.9 Å². The minimum Gasteiger partial charge on any atom is -0.463 e. The number of esters is 1. The molecule has 4 nitrogen and oxygen atoms in total. The number of hydrogen-bond acceptors (Lipinski definition) is 4. The van der Waals surface area contributed by atoms with Crippen LogP contribution in [0, 0.1) is 5.92 Å². The molecule has 0 saturated heterocycles. The summed E-state index contributed by atoms with van der Waals surface area (Å²) >= 11 is 0. The molecule has 0 bridgehead atoms. The molecule has 0 amide bonds. The molecule has 1 unspecified atom stereocenters. The highest BCUT2D eigenvalue weighted by Crippen LogP contribution is 2.42. The Morgan fingerprint density at radius 2 is 2.29 bits per heavy atom. The predicted molar refractivity (Wildman–Crippen MR) is 63.0 cm³/mol. The fourth-order valence-electron chi connectivity index (χ4n) is 2.02. The van der Waals surface area contributed by atoms with Crippen LogP contribution in [-0.4, -0.2) is 18.1 Å². The minimum atomic E-state index is -0.421. The first-order valence-electron chi connectivity index (χ1n) is 6.25. The third-order valence-corrected chi connectivity index (χ3v) is 3.29. The van der Waals surface area contributed by atoms with Gasteiger partial charge in [-0.1, -0.05) is 20.3 Å². The lowest BCUT2D eigenvalue weighted by atomic mass is 10.1. The van der Waals surface area contributed by atoms with E-state index in [0.29, 0.717) is 17.7 Å². The van der Waals surface area contributed by atoms with Crippen molar-refractivity contribution in [2.75, 3.05) is 7.11 Å². The third-order valence-electron chi connectivity index (χ3n) is 3.29. The average molecular weight is 237 g/mol. The molecular weight excluding hydrogens is 218 g/mol. The first-order valence-corrected chi connectivity index (χ1v) is 6.25. The summed E-state index contributed by atoms with van der Waals surface area (Å²) in [6.45, 7) is 4.17. The van der Waals surface area contributed by atoms with Gasteiger partial charge in [0.05, 0.1) is 12.8 Å². The van der Waals surface area contributed by atoms with E-state index in [0.717, 1.165) is 18.5 Å². The fourth-order valence-corrected chi connectivity index (χ4v) is 2.02. The van der Waals surface area contributed by atoms with Crippen LogP contribution in [0.25, 0.3) is 0 Å². The van der Waals surface area contributed by atoms with Gasteiger partial charge in [-0.3, -0.25) is 0 Å². The zero-order valence-corrected chi connectivity index (χ0v) is 10.7. The van der Waals surface area contributed by atoms with E-state index < -0.39 is 5.97 Å². The smallest absolute Gasteiger partial charge is 0.375 e. The number of aryl methyl sites for hydroxylation is 1. The number of carbonyl (C=O) groups is 1. The van der Waals surface area contributed by atoms with Crippen molar-refractivity contribution >= 4 is 5.97 Å². The number of carbonyl (C=O) groups excluding carboxylic acids is 1. The molecule has 0 aromatic carbocycles. The molecule has 1 saturated carbocycles. The van der Waals surface area contributed by atoms with E-state index in [1.165, 1.54) is 20.0 Å². The highest BCUT2D eigenvalue weighted by atomic mass is 16.5. The van der Waals surface area contributed by atoms with E-state index in [1.54, 1.807) is 0 Å². The number of oxazole rings is 1. The molecule has 0 radical (unpaired) electrons. The molecule has 0 aliphatic heterocycles. The molecule has 2 rings (SSSR count). The zero-order valence-electron chi connectivity index (χ0n) is 10.7. The van der Waals surface area contributed by atoms with E-state index in [2.05, 4.69) is 18.8 Å². The Hall–Kier alpha value is -1.32. The van der Waals surface area contributed by atoms with Crippen molar-refractivity contribution in [2.24, 2.45) is 5.92 Å². The second-order valence-corrected chi connectivity index (χ2v) is 4.70. The number of nitrogens with zero attached hydrogens (tertiary/aromatic N) is 1. The number of hydrogen-bond donors (Lipinski definition) is 0. The van der Waals surface area contributed by atoms with E-state index in [4.69, 9.17) is 9.15 Å². The second kappa shape index (κ2) is 4.90. The van der Waals surface area contributed by atoms with Crippen molar-refractivity contribution in [3.8, 4) is 0 Å². The molecule has 1 aliphatic carbocycles. The SMILES string of the molecule is CCCc1nc(C(C)C2CC2)oc1C(=O)OC. The van der Waals surface area contributed by atoms with Crippen LogP contribution in [0.3, 0.4) is 0 Å². The Kier molecular flexibility index (Phi) is 3.50. The summed E-state index contributed by atoms with van der Waals surface area (Å²) in [4.78, 5) is 16.0. The van der Waals surface area contributed by atoms with Gasteiger partial charge in [-0.25, -0.2) is 9.78 Å². The highest BCUT2D eigenvalue weighted by Gasteiger charge is 2.33. The Labute approximate surface area is 101 Å². The monoisotopic (exact) mass is 237 g/mol. The molecule has 1 atom stereocenters. The summed E-state index contributed by atoms with van der Waals surface area (Å²) in [5, 5.41) is 0. The van der Waals surface area contributed by atoms with Crippen LogP contribution >= 0.6 is 0 Å². The molecule has 4 heteroatoms. The van der Waals surface area contributed by atoms with Gasteiger partial charge >= 0.3 is 5.97 Å². The third kappa shape index (κ3) is 2.51. The summed E-state index contributed by atoms with van der Waals surface area (Å²) in [5.41, 5.74) is 0.738. The summed E-state index contributed by atoms with van der Waals surface area (Å²) in [6.07, 6.45) is 4.17. The molecule has 1 aromatic heterocycles. The van der Waals surface area contributed by atoms with E-state index in [1.807, 2.05) is 0 Å². The first-order chi connectivity index (χ1) is 8.17. The number of aromatic nitrogens is 1. The molecule has 1 aliphatic rings. The lowest BCUT2D eigenvalue weighted by molar-refractivity contribution is 0.0560. The summed E-state index contributed by atoms with van der Waals surface area (Å²) < 4.78 is 10.3. The molecule has 1 aromatic rings. The van der Waals surface area contributed by atoms with Crippen LogP contribution in [0.5, 0.6) is 0 Å². The number of methoxy groups -OCH3 is 1. The lowest BCUT2D eigenvalue weighted by Crippen LogP contribution is -2.03. The van der Waals surface area contributed by atoms with Crippen molar-refractivity contribution in [2.45, 2.75) is 45.4 Å². The normalized spacial score (nSPS) is 16.9. The minimum absolute atomic E-state index is 0.289. The quantitative estimate of drug-likeness (QED) is 0.739. The molecule has 1 fully saturated rings. The molecule has 17 heavy (non-hydrogen) atoms. The van der Waals surface area contributed by atoms with Gasteiger partial charge < -0.3 is 9.15 Å². The van der Waals surface area contributed by atoms with Gasteiger partial charge in [0.2, 0.25) is 5.76 Å². The summed E-state index contributed by atoms with van der Waals surface area (Å²) in [5.74, 6) is 1.54. The van der Waals surface area contributed by atoms with Gasteiger partial charge in [0.1, 0.15) is 0 Å². The number of ether oxygens (including phenoxy) is 1. The van der Waals surface area contributed by atoms with Crippen molar-refractivity contribution in [3.05, 3.63) is 17.3 Å². The van der Waals surface area contributed by atoms with Gasteiger partial charge in [-0.05, 0) is 25.2 Å². The standard InChI is InChI=1S/C13H19NO3/c1-4-5-10-11(13(15)16-3)17-12(14-10)8(2)9-6-7-9/h8-9H,4-7H2,1-3H3. The number of rotatable bonds is 5. The van der Waals surface area contributed by atoms with E-state index in [-0.39, 0.29) is 5.76 Å². The van der Waals surface area contributed by atoms with Gasteiger partial charge in [0.15, 0.2) is 5.89 Å². The van der Waals surface area contributed by atoms with E-state index >= 15 is 0 Å². The molecule has 94 valence electrons. The highest BCUT2D eigenvalue weighted by molar-refractivity contribution is 5.87. The van der Waals surface area contributed by atoms with Crippen LogP contribution in [-0.2, 0) is 11.2 Å². The molecular formula is C13H19NO3. The van der Waals surface area contributed by atoms with Crippen LogP contribution in [0.15, 0.2) is 4.42 Å². The first kappa shape index (κ1) is 12.1. The Morgan fingerprint density at radius 1 is 1.59 bits per heavy atom. The summed E-state index contributed by atoms with van der Waals surface area (Å²) in [7, 11) is 1.37. The van der Waals surface area contributed by atoms with Crippen molar-refractivity contribution in [1.29, 1.82) is 0 Å². The maximum absolute atomic E-state index is 11.6. The van der Waals surface area contributed by atoms with Crippen LogP contribution in [0.1, 0.15) is 61.2 Å². The average Bonchev–Trinajstić information content (AvgIpc) is 3.09. The van der Waals surface area contributed by atoms with Gasteiger partial charge in [-0.15, -0.1) is 0 Å². The van der Waals surface area contributed by atoms with Crippen molar-refractivity contribution in [1.82, 2.24) is 4.98 Å². The fraction of sp³-hybridized carbons (Fsp3) is 0.692. The van der Waals surface area contributed by atoms with Crippen LogP contribution < -0.4 is 0 Å². The Morgan fingerprint density at radius 3 is 2.82 bits per heavy atom. The zero-order chi connectivity index (χ0) is 12.4. The van der Waals surface area contributed by atoms with Crippen LogP contribution in [0.2, 0.25) is 0 Å². The predicted octanol–water partition coefficient (Wildman–Crippen LogP) is 2.93. The Bertz CT molecular complexity index is 407. The van der Waals surface area contributed by atoms with Crippen molar-refractivity contribution in [3.63, 3.8) is 0 Å². The van der Waals surface area contributed by atoms with Gasteiger partial charge in [0.25, 0.3) is 0 Å².